The summed E-state index contributed by atoms with van der Waals surface area (Å²) in [6.07, 6.45) is 11.0. The summed E-state index contributed by atoms with van der Waals surface area (Å²) in [5.74, 6) is 1.57. The zero-order valence-corrected chi connectivity index (χ0v) is 11.4. The van der Waals surface area contributed by atoms with Crippen LogP contribution in [0.1, 0.15) is 59.3 Å². The zero-order valence-electron chi connectivity index (χ0n) is 11.4. The van der Waals surface area contributed by atoms with E-state index in [0.717, 1.165) is 19.0 Å². The van der Waals surface area contributed by atoms with E-state index >= 15 is 0 Å². The number of hydrogen-bond donors (Lipinski definition) is 1. The van der Waals surface area contributed by atoms with Gasteiger partial charge in [-0.2, -0.15) is 0 Å². The lowest BCUT2D eigenvalue weighted by Gasteiger charge is -2.21. The fraction of sp³-hybridized carbons (Fsp3) is 0.867. The zero-order chi connectivity index (χ0) is 11.8. The van der Waals surface area contributed by atoms with E-state index < -0.39 is 0 Å². The van der Waals surface area contributed by atoms with Gasteiger partial charge in [0.15, 0.2) is 0 Å². The SMILES string of the molecule is CCCNCC(=CC1CCCCC1)C(C)C. The van der Waals surface area contributed by atoms with Crippen molar-refractivity contribution in [1.29, 1.82) is 0 Å². The summed E-state index contributed by atoms with van der Waals surface area (Å²) in [6, 6.07) is 0. The van der Waals surface area contributed by atoms with Crippen molar-refractivity contribution in [3.8, 4) is 0 Å². The second-order valence-corrected chi connectivity index (χ2v) is 5.47. The van der Waals surface area contributed by atoms with Gasteiger partial charge in [-0.15, -0.1) is 0 Å². The summed E-state index contributed by atoms with van der Waals surface area (Å²) in [4.78, 5) is 0. The van der Waals surface area contributed by atoms with Crippen LogP contribution < -0.4 is 5.32 Å². The monoisotopic (exact) mass is 223 g/mol. The highest BCUT2D eigenvalue weighted by atomic mass is 14.8. The predicted molar refractivity (Wildman–Crippen MR) is 72.7 cm³/mol. The van der Waals surface area contributed by atoms with Crippen LogP contribution in [0.5, 0.6) is 0 Å². The Labute approximate surface area is 102 Å². The summed E-state index contributed by atoms with van der Waals surface area (Å²) in [5.41, 5.74) is 1.63. The molecule has 0 unspecified atom stereocenters. The average molecular weight is 223 g/mol. The third-order valence-corrected chi connectivity index (χ3v) is 3.60. The molecule has 0 heterocycles. The maximum atomic E-state index is 3.54. The lowest BCUT2D eigenvalue weighted by Crippen LogP contribution is -2.21. The fourth-order valence-corrected chi connectivity index (χ4v) is 2.47. The Morgan fingerprint density at radius 3 is 2.50 bits per heavy atom. The van der Waals surface area contributed by atoms with Crippen LogP contribution in [0.4, 0.5) is 0 Å². The summed E-state index contributed by atoms with van der Waals surface area (Å²) in [5, 5.41) is 3.54. The molecule has 1 heteroatoms. The first-order chi connectivity index (χ1) is 7.74. The lowest BCUT2D eigenvalue weighted by molar-refractivity contribution is 0.415. The molecular formula is C15H29N. The summed E-state index contributed by atoms with van der Waals surface area (Å²) in [7, 11) is 0. The van der Waals surface area contributed by atoms with E-state index in [-0.39, 0.29) is 0 Å². The first-order valence-electron chi connectivity index (χ1n) is 7.15. The van der Waals surface area contributed by atoms with Crippen molar-refractivity contribution in [1.82, 2.24) is 5.32 Å². The van der Waals surface area contributed by atoms with Gasteiger partial charge in [-0.05, 0) is 37.6 Å². The van der Waals surface area contributed by atoms with E-state index in [4.69, 9.17) is 0 Å². The van der Waals surface area contributed by atoms with Crippen LogP contribution in [-0.4, -0.2) is 13.1 Å². The van der Waals surface area contributed by atoms with Crippen LogP contribution in [0, 0.1) is 11.8 Å². The minimum absolute atomic E-state index is 0.700. The minimum Gasteiger partial charge on any atom is -0.313 e. The molecule has 1 fully saturated rings. The van der Waals surface area contributed by atoms with Crippen molar-refractivity contribution in [2.24, 2.45) is 11.8 Å². The molecule has 1 aliphatic carbocycles. The summed E-state index contributed by atoms with van der Waals surface area (Å²) in [6.45, 7) is 9.12. The van der Waals surface area contributed by atoms with Crippen molar-refractivity contribution < 1.29 is 0 Å². The molecule has 0 radical (unpaired) electrons. The molecule has 0 saturated heterocycles. The second kappa shape index (κ2) is 7.89. The molecule has 0 aromatic carbocycles. The molecule has 0 amide bonds. The molecule has 1 aliphatic rings. The Kier molecular flexibility index (Phi) is 6.79. The lowest BCUT2D eigenvalue weighted by atomic mass is 9.86. The Morgan fingerprint density at radius 2 is 1.94 bits per heavy atom. The van der Waals surface area contributed by atoms with E-state index in [0.29, 0.717) is 5.92 Å². The molecular weight excluding hydrogens is 194 g/mol. The van der Waals surface area contributed by atoms with Gasteiger partial charge in [0.1, 0.15) is 0 Å². The van der Waals surface area contributed by atoms with Crippen molar-refractivity contribution in [3.63, 3.8) is 0 Å². The van der Waals surface area contributed by atoms with Gasteiger partial charge in [-0.25, -0.2) is 0 Å². The molecule has 1 N–H and O–H groups in total. The summed E-state index contributed by atoms with van der Waals surface area (Å²) < 4.78 is 0. The normalized spacial score (nSPS) is 19.4. The molecule has 0 atom stereocenters. The van der Waals surface area contributed by atoms with Gasteiger partial charge >= 0.3 is 0 Å². The molecule has 0 aromatic rings. The maximum Gasteiger partial charge on any atom is 0.0167 e. The third-order valence-electron chi connectivity index (χ3n) is 3.60. The molecule has 1 saturated carbocycles. The van der Waals surface area contributed by atoms with E-state index in [1.54, 1.807) is 5.57 Å². The Bertz CT molecular complexity index is 199. The summed E-state index contributed by atoms with van der Waals surface area (Å²) >= 11 is 0. The number of rotatable bonds is 6. The van der Waals surface area contributed by atoms with Gasteiger partial charge in [-0.3, -0.25) is 0 Å². The van der Waals surface area contributed by atoms with Gasteiger partial charge in [0.25, 0.3) is 0 Å². The largest absolute Gasteiger partial charge is 0.313 e. The smallest absolute Gasteiger partial charge is 0.0167 e. The minimum atomic E-state index is 0.700. The molecule has 16 heavy (non-hydrogen) atoms. The Hall–Kier alpha value is -0.300. The number of allylic oxidation sites excluding steroid dienone is 1. The van der Waals surface area contributed by atoms with Crippen LogP contribution in [0.3, 0.4) is 0 Å². The van der Waals surface area contributed by atoms with Crippen molar-refractivity contribution in [3.05, 3.63) is 11.6 Å². The maximum absolute atomic E-state index is 3.54. The van der Waals surface area contributed by atoms with E-state index in [2.05, 4.69) is 32.2 Å². The number of nitrogens with one attached hydrogen (secondary N) is 1. The van der Waals surface area contributed by atoms with E-state index in [1.165, 1.54) is 38.5 Å². The van der Waals surface area contributed by atoms with Gasteiger partial charge in [0, 0.05) is 6.54 Å². The van der Waals surface area contributed by atoms with E-state index in [9.17, 15) is 0 Å². The second-order valence-electron chi connectivity index (χ2n) is 5.47. The fourth-order valence-electron chi connectivity index (χ4n) is 2.47. The van der Waals surface area contributed by atoms with Crippen LogP contribution in [0.15, 0.2) is 11.6 Å². The highest BCUT2D eigenvalue weighted by Crippen LogP contribution is 2.26. The first kappa shape index (κ1) is 13.8. The van der Waals surface area contributed by atoms with Crippen molar-refractivity contribution in [2.45, 2.75) is 59.3 Å². The van der Waals surface area contributed by atoms with Crippen LogP contribution >= 0.6 is 0 Å². The molecule has 0 spiro atoms. The predicted octanol–water partition coefficient (Wildman–Crippen LogP) is 4.15. The quantitative estimate of drug-likeness (QED) is 0.527. The van der Waals surface area contributed by atoms with Crippen LogP contribution in [0.25, 0.3) is 0 Å². The molecule has 1 nitrogen and oxygen atoms in total. The molecule has 1 rings (SSSR count). The molecule has 0 aliphatic heterocycles. The van der Waals surface area contributed by atoms with Crippen molar-refractivity contribution in [2.75, 3.05) is 13.1 Å². The molecule has 94 valence electrons. The van der Waals surface area contributed by atoms with Gasteiger partial charge in [-0.1, -0.05) is 51.7 Å². The molecule has 0 bridgehead atoms. The van der Waals surface area contributed by atoms with Gasteiger partial charge in [0.2, 0.25) is 0 Å². The Balaban J connectivity index is 2.43. The number of hydrogen-bond acceptors (Lipinski definition) is 1. The highest BCUT2D eigenvalue weighted by Gasteiger charge is 2.13. The van der Waals surface area contributed by atoms with Crippen LogP contribution in [-0.2, 0) is 0 Å². The first-order valence-corrected chi connectivity index (χ1v) is 7.15. The van der Waals surface area contributed by atoms with Crippen molar-refractivity contribution >= 4 is 0 Å². The van der Waals surface area contributed by atoms with Gasteiger partial charge in [0.05, 0.1) is 0 Å². The average Bonchev–Trinajstić information content (AvgIpc) is 2.29. The van der Waals surface area contributed by atoms with E-state index in [1.807, 2.05) is 0 Å². The van der Waals surface area contributed by atoms with Crippen LogP contribution in [0.2, 0.25) is 0 Å². The standard InChI is InChI=1S/C15H29N/c1-4-10-16-12-15(13(2)3)11-14-8-6-5-7-9-14/h11,13-14,16H,4-10,12H2,1-3H3. The highest BCUT2D eigenvalue weighted by molar-refractivity contribution is 5.09. The third kappa shape index (κ3) is 5.16. The topological polar surface area (TPSA) is 12.0 Å². The Morgan fingerprint density at radius 1 is 1.25 bits per heavy atom. The molecule has 0 aromatic heterocycles. The van der Waals surface area contributed by atoms with Gasteiger partial charge < -0.3 is 5.32 Å².